The summed E-state index contributed by atoms with van der Waals surface area (Å²) in [4.78, 5) is 0. The zero-order valence-electron chi connectivity index (χ0n) is 7.98. The maximum atomic E-state index is 5.93. The van der Waals surface area contributed by atoms with Gasteiger partial charge in [-0.05, 0) is 23.8 Å². The van der Waals surface area contributed by atoms with Gasteiger partial charge in [-0.1, -0.05) is 23.2 Å². The molecule has 1 aliphatic rings. The van der Waals surface area contributed by atoms with Crippen molar-refractivity contribution in [2.45, 2.75) is 0 Å². The molecule has 0 aromatic heterocycles. The van der Waals surface area contributed by atoms with E-state index in [-0.39, 0.29) is 0 Å². The molecule has 0 atom stereocenters. The lowest BCUT2D eigenvalue weighted by molar-refractivity contribution is 0.942. The molecule has 2 rings (SSSR count). The lowest BCUT2D eigenvalue weighted by atomic mass is 10.2. The second kappa shape index (κ2) is 4.21. The highest BCUT2D eigenvalue weighted by Crippen LogP contribution is 2.29. The molecule has 80 valence electrons. The summed E-state index contributed by atoms with van der Waals surface area (Å²) in [7, 11) is 0. The van der Waals surface area contributed by atoms with Crippen molar-refractivity contribution in [2.24, 2.45) is 0 Å². The summed E-state index contributed by atoms with van der Waals surface area (Å²) in [6.07, 6.45) is 1.95. The van der Waals surface area contributed by atoms with Gasteiger partial charge in [-0.2, -0.15) is 0 Å². The van der Waals surface area contributed by atoms with Crippen LogP contribution in [0.15, 0.2) is 18.0 Å². The first kappa shape index (κ1) is 10.5. The van der Waals surface area contributed by atoms with E-state index in [1.807, 2.05) is 6.08 Å². The summed E-state index contributed by atoms with van der Waals surface area (Å²) >= 11 is 11.9. The van der Waals surface area contributed by atoms with Crippen LogP contribution < -0.4 is 16.4 Å². The van der Waals surface area contributed by atoms with Crippen molar-refractivity contribution in [1.29, 1.82) is 0 Å². The van der Waals surface area contributed by atoms with Crippen LogP contribution in [0.25, 0.3) is 6.08 Å². The second-order valence-electron chi connectivity index (χ2n) is 3.31. The SMILES string of the molecule is Nc1c(Cl)cc(C=C2NCCN2)cc1Cl. The summed E-state index contributed by atoms with van der Waals surface area (Å²) in [5.41, 5.74) is 6.99. The van der Waals surface area contributed by atoms with Crippen molar-refractivity contribution in [1.82, 2.24) is 10.6 Å². The number of nitrogens with two attached hydrogens (primary N) is 1. The molecule has 1 aromatic rings. The van der Waals surface area contributed by atoms with Crippen LogP contribution in [0, 0.1) is 0 Å². The summed E-state index contributed by atoms with van der Waals surface area (Å²) in [6, 6.07) is 3.58. The van der Waals surface area contributed by atoms with Gasteiger partial charge in [-0.25, -0.2) is 0 Å². The average molecular weight is 244 g/mol. The Bertz CT molecular complexity index is 384. The van der Waals surface area contributed by atoms with Crippen LogP contribution in [-0.2, 0) is 0 Å². The molecular weight excluding hydrogens is 233 g/mol. The first-order valence-corrected chi connectivity index (χ1v) is 5.36. The van der Waals surface area contributed by atoms with Crippen LogP contribution in [-0.4, -0.2) is 13.1 Å². The fourth-order valence-corrected chi connectivity index (χ4v) is 1.92. The molecule has 1 aromatic carbocycles. The minimum Gasteiger partial charge on any atom is -0.396 e. The maximum absolute atomic E-state index is 5.93. The average Bonchev–Trinajstić information content (AvgIpc) is 2.66. The number of benzene rings is 1. The zero-order chi connectivity index (χ0) is 10.8. The molecular formula is C10H11Cl2N3. The van der Waals surface area contributed by atoms with Gasteiger partial charge in [-0.15, -0.1) is 0 Å². The molecule has 0 aliphatic carbocycles. The quantitative estimate of drug-likeness (QED) is 0.663. The third-order valence-corrected chi connectivity index (χ3v) is 2.79. The molecule has 15 heavy (non-hydrogen) atoms. The zero-order valence-corrected chi connectivity index (χ0v) is 9.49. The second-order valence-corrected chi connectivity index (χ2v) is 4.12. The fraction of sp³-hybridized carbons (Fsp3) is 0.200. The molecule has 1 fully saturated rings. The van der Waals surface area contributed by atoms with Gasteiger partial charge < -0.3 is 16.4 Å². The van der Waals surface area contributed by atoms with Gasteiger partial charge in [0.15, 0.2) is 0 Å². The minimum absolute atomic E-state index is 0.424. The first-order chi connectivity index (χ1) is 7.16. The van der Waals surface area contributed by atoms with Crippen LogP contribution in [0.4, 0.5) is 5.69 Å². The Kier molecular flexibility index (Phi) is 2.93. The van der Waals surface area contributed by atoms with Crippen LogP contribution in [0.5, 0.6) is 0 Å². The van der Waals surface area contributed by atoms with Crippen molar-refractivity contribution in [3.8, 4) is 0 Å². The molecule has 0 unspecified atom stereocenters. The van der Waals surface area contributed by atoms with Crippen molar-refractivity contribution < 1.29 is 0 Å². The van der Waals surface area contributed by atoms with Crippen LogP contribution in [0.2, 0.25) is 10.0 Å². The molecule has 5 heteroatoms. The van der Waals surface area contributed by atoms with Crippen LogP contribution in [0.1, 0.15) is 5.56 Å². The summed E-state index contributed by atoms with van der Waals surface area (Å²) in [6.45, 7) is 1.87. The molecule has 1 aliphatic heterocycles. The molecule has 4 N–H and O–H groups in total. The Morgan fingerprint density at radius 1 is 1.13 bits per heavy atom. The normalized spacial score (nSPS) is 14.7. The number of anilines is 1. The van der Waals surface area contributed by atoms with E-state index >= 15 is 0 Å². The van der Waals surface area contributed by atoms with Gasteiger partial charge in [0.2, 0.25) is 0 Å². The standard InChI is InChI=1S/C10H11Cl2N3/c11-7-3-6(4-8(12)10(7)13)5-9-14-1-2-15-9/h3-5,14-15H,1-2,13H2. The molecule has 3 nitrogen and oxygen atoms in total. The number of halogens is 2. The van der Waals surface area contributed by atoms with Crippen LogP contribution >= 0.6 is 23.2 Å². The van der Waals surface area contributed by atoms with E-state index in [0.29, 0.717) is 15.7 Å². The predicted octanol–water partition coefficient (Wildman–Crippen LogP) is 2.07. The Labute approximate surface area is 98.2 Å². The van der Waals surface area contributed by atoms with Gasteiger partial charge in [0, 0.05) is 13.1 Å². The molecule has 1 heterocycles. The number of hydrogen-bond donors (Lipinski definition) is 3. The first-order valence-electron chi connectivity index (χ1n) is 4.61. The fourth-order valence-electron chi connectivity index (χ4n) is 1.41. The monoisotopic (exact) mass is 243 g/mol. The highest BCUT2D eigenvalue weighted by molar-refractivity contribution is 6.39. The highest BCUT2D eigenvalue weighted by Gasteiger charge is 2.06. The predicted molar refractivity (Wildman–Crippen MR) is 64.9 cm³/mol. The minimum atomic E-state index is 0.424. The van der Waals surface area contributed by atoms with E-state index in [1.165, 1.54) is 0 Å². The summed E-state index contributed by atoms with van der Waals surface area (Å²) in [5.74, 6) is 0.979. The Balaban J connectivity index is 2.33. The molecule has 0 amide bonds. The molecule has 1 saturated heterocycles. The number of rotatable bonds is 1. The van der Waals surface area contributed by atoms with Gasteiger partial charge in [-0.3, -0.25) is 0 Å². The Hall–Kier alpha value is -1.06. The van der Waals surface area contributed by atoms with Crippen LogP contribution in [0.3, 0.4) is 0 Å². The topological polar surface area (TPSA) is 50.1 Å². The van der Waals surface area contributed by atoms with E-state index in [0.717, 1.165) is 24.5 Å². The van der Waals surface area contributed by atoms with E-state index in [4.69, 9.17) is 28.9 Å². The lowest BCUT2D eigenvalue weighted by Crippen LogP contribution is -2.09. The molecule has 0 radical (unpaired) electrons. The van der Waals surface area contributed by atoms with Gasteiger partial charge in [0.25, 0.3) is 0 Å². The smallest absolute Gasteiger partial charge is 0.0993 e. The molecule has 0 spiro atoms. The number of hydrogen-bond acceptors (Lipinski definition) is 3. The van der Waals surface area contributed by atoms with Gasteiger partial charge >= 0.3 is 0 Å². The largest absolute Gasteiger partial charge is 0.396 e. The van der Waals surface area contributed by atoms with Crippen molar-refractivity contribution in [3.05, 3.63) is 33.6 Å². The van der Waals surface area contributed by atoms with Gasteiger partial charge in [0.1, 0.15) is 0 Å². The third-order valence-electron chi connectivity index (χ3n) is 2.17. The van der Waals surface area contributed by atoms with Crippen molar-refractivity contribution >= 4 is 35.0 Å². The van der Waals surface area contributed by atoms with E-state index in [2.05, 4.69) is 10.6 Å². The van der Waals surface area contributed by atoms with E-state index in [9.17, 15) is 0 Å². The highest BCUT2D eigenvalue weighted by atomic mass is 35.5. The van der Waals surface area contributed by atoms with E-state index < -0.39 is 0 Å². The summed E-state index contributed by atoms with van der Waals surface area (Å²) < 4.78 is 0. The van der Waals surface area contributed by atoms with Crippen molar-refractivity contribution in [3.63, 3.8) is 0 Å². The van der Waals surface area contributed by atoms with E-state index in [1.54, 1.807) is 12.1 Å². The Morgan fingerprint density at radius 3 is 2.20 bits per heavy atom. The maximum Gasteiger partial charge on any atom is 0.0993 e. The Morgan fingerprint density at radius 2 is 1.67 bits per heavy atom. The van der Waals surface area contributed by atoms with Gasteiger partial charge in [0.05, 0.1) is 21.6 Å². The lowest BCUT2D eigenvalue weighted by Gasteiger charge is -2.04. The van der Waals surface area contributed by atoms with Crippen molar-refractivity contribution in [2.75, 3.05) is 18.8 Å². The number of nitrogens with one attached hydrogen (secondary N) is 2. The molecule has 0 saturated carbocycles. The molecule has 0 bridgehead atoms. The third kappa shape index (κ3) is 2.30. The summed E-state index contributed by atoms with van der Waals surface area (Å²) in [5, 5.41) is 7.34. The number of nitrogen functional groups attached to an aromatic ring is 1.